The van der Waals surface area contributed by atoms with Crippen LogP contribution >= 0.6 is 0 Å². The number of carbonyl (C=O) groups excluding carboxylic acids is 1. The van der Waals surface area contributed by atoms with E-state index in [9.17, 15) is 4.79 Å². The largest absolute Gasteiger partial charge is 0.312 e. The zero-order chi connectivity index (χ0) is 16.2. The number of amides is 1. The summed E-state index contributed by atoms with van der Waals surface area (Å²) in [5.74, 6) is -0.0222. The first kappa shape index (κ1) is 15.5. The number of carbonyl (C=O) groups is 1. The van der Waals surface area contributed by atoms with Crippen molar-refractivity contribution in [3.63, 3.8) is 0 Å². The molecule has 0 saturated heterocycles. The molecular formula is C20H22N2O. The minimum Gasteiger partial charge on any atom is -0.312 e. The standard InChI is InChI=1S/C20H22N2O/c1-21-13-12-17-10-8-16(14-18(17)15-21)9-11-20(23)22(2)19-6-4-3-5-7-19/h3-11,14H,12-13,15H2,1-2H3/b11-9+. The number of fused-ring (bicyclic) bond motifs is 1. The molecule has 0 aromatic heterocycles. The summed E-state index contributed by atoms with van der Waals surface area (Å²) < 4.78 is 0. The first-order valence-electron chi connectivity index (χ1n) is 7.94. The Bertz CT molecular complexity index is 722. The Morgan fingerprint density at radius 2 is 1.91 bits per heavy atom. The van der Waals surface area contributed by atoms with Crippen molar-refractivity contribution in [1.29, 1.82) is 0 Å². The van der Waals surface area contributed by atoms with Gasteiger partial charge in [-0.15, -0.1) is 0 Å². The van der Waals surface area contributed by atoms with Gasteiger partial charge in [-0.05, 0) is 48.4 Å². The predicted molar refractivity (Wildman–Crippen MR) is 95.4 cm³/mol. The van der Waals surface area contributed by atoms with Gasteiger partial charge in [-0.3, -0.25) is 4.79 Å². The fourth-order valence-corrected chi connectivity index (χ4v) is 2.88. The van der Waals surface area contributed by atoms with Crippen molar-refractivity contribution in [2.45, 2.75) is 13.0 Å². The van der Waals surface area contributed by atoms with E-state index in [0.717, 1.165) is 30.8 Å². The van der Waals surface area contributed by atoms with Crippen LogP contribution in [0.3, 0.4) is 0 Å². The highest BCUT2D eigenvalue weighted by Crippen LogP contribution is 2.20. The smallest absolute Gasteiger partial charge is 0.250 e. The fraction of sp³-hybridized carbons (Fsp3) is 0.250. The zero-order valence-corrected chi connectivity index (χ0v) is 13.7. The Morgan fingerprint density at radius 3 is 2.70 bits per heavy atom. The van der Waals surface area contributed by atoms with E-state index in [0.29, 0.717) is 0 Å². The van der Waals surface area contributed by atoms with Crippen molar-refractivity contribution in [3.05, 3.63) is 71.3 Å². The van der Waals surface area contributed by atoms with Gasteiger partial charge in [-0.25, -0.2) is 0 Å². The van der Waals surface area contributed by atoms with Crippen molar-refractivity contribution in [3.8, 4) is 0 Å². The third-order valence-corrected chi connectivity index (χ3v) is 4.33. The van der Waals surface area contributed by atoms with Crippen LogP contribution < -0.4 is 4.90 Å². The van der Waals surface area contributed by atoms with Crippen LogP contribution in [-0.4, -0.2) is 31.4 Å². The number of benzene rings is 2. The van der Waals surface area contributed by atoms with E-state index in [-0.39, 0.29) is 5.91 Å². The van der Waals surface area contributed by atoms with E-state index in [1.54, 1.807) is 18.0 Å². The van der Waals surface area contributed by atoms with E-state index >= 15 is 0 Å². The maximum atomic E-state index is 12.3. The second kappa shape index (κ2) is 6.80. The van der Waals surface area contributed by atoms with Gasteiger partial charge in [0.2, 0.25) is 0 Å². The van der Waals surface area contributed by atoms with Crippen LogP contribution in [0.25, 0.3) is 6.08 Å². The highest BCUT2D eigenvalue weighted by molar-refractivity contribution is 6.03. The molecule has 1 amide bonds. The van der Waals surface area contributed by atoms with E-state index in [4.69, 9.17) is 0 Å². The molecule has 0 radical (unpaired) electrons. The van der Waals surface area contributed by atoms with Crippen molar-refractivity contribution in [2.24, 2.45) is 0 Å². The lowest BCUT2D eigenvalue weighted by atomic mass is 9.97. The lowest BCUT2D eigenvalue weighted by molar-refractivity contribution is -0.113. The topological polar surface area (TPSA) is 23.6 Å². The van der Waals surface area contributed by atoms with Crippen molar-refractivity contribution in [1.82, 2.24) is 4.90 Å². The summed E-state index contributed by atoms with van der Waals surface area (Å²) in [6.45, 7) is 2.09. The average Bonchev–Trinajstić information content (AvgIpc) is 2.59. The highest BCUT2D eigenvalue weighted by Gasteiger charge is 2.13. The lowest BCUT2D eigenvalue weighted by Gasteiger charge is -2.25. The van der Waals surface area contributed by atoms with Crippen LogP contribution in [-0.2, 0) is 17.8 Å². The van der Waals surface area contributed by atoms with Gasteiger partial charge in [0.05, 0.1) is 0 Å². The van der Waals surface area contributed by atoms with Crippen LogP contribution in [0.15, 0.2) is 54.6 Å². The van der Waals surface area contributed by atoms with E-state index in [1.165, 1.54) is 11.1 Å². The van der Waals surface area contributed by atoms with Gasteiger partial charge in [0, 0.05) is 31.9 Å². The number of para-hydroxylation sites is 1. The quantitative estimate of drug-likeness (QED) is 0.812. The minimum absolute atomic E-state index is 0.0222. The highest BCUT2D eigenvalue weighted by atomic mass is 16.2. The molecule has 0 N–H and O–H groups in total. The molecule has 2 aromatic carbocycles. The number of rotatable bonds is 3. The van der Waals surface area contributed by atoms with Crippen molar-refractivity contribution < 1.29 is 4.79 Å². The second-order valence-corrected chi connectivity index (χ2v) is 6.08. The Balaban J connectivity index is 1.73. The minimum atomic E-state index is -0.0222. The SMILES string of the molecule is CN1CCc2ccc(/C=C/C(=O)N(C)c3ccccc3)cc2C1. The van der Waals surface area contributed by atoms with Gasteiger partial charge in [0.15, 0.2) is 0 Å². The molecule has 0 fully saturated rings. The molecule has 3 rings (SSSR count). The lowest BCUT2D eigenvalue weighted by Crippen LogP contribution is -2.26. The molecule has 2 aromatic rings. The summed E-state index contributed by atoms with van der Waals surface area (Å²) in [4.78, 5) is 16.3. The van der Waals surface area contributed by atoms with E-state index in [1.807, 2.05) is 36.4 Å². The molecule has 3 heteroatoms. The third-order valence-electron chi connectivity index (χ3n) is 4.33. The molecule has 0 bridgehead atoms. The molecular weight excluding hydrogens is 284 g/mol. The molecule has 23 heavy (non-hydrogen) atoms. The molecule has 0 unspecified atom stereocenters. The molecule has 118 valence electrons. The Morgan fingerprint density at radius 1 is 1.13 bits per heavy atom. The van der Waals surface area contributed by atoms with Crippen molar-refractivity contribution in [2.75, 3.05) is 25.5 Å². The van der Waals surface area contributed by atoms with Gasteiger partial charge in [0.25, 0.3) is 5.91 Å². The van der Waals surface area contributed by atoms with Crippen LogP contribution in [0.2, 0.25) is 0 Å². The first-order valence-corrected chi connectivity index (χ1v) is 7.94. The monoisotopic (exact) mass is 306 g/mol. The van der Waals surface area contributed by atoms with E-state index < -0.39 is 0 Å². The van der Waals surface area contributed by atoms with Crippen molar-refractivity contribution >= 4 is 17.7 Å². The normalized spacial score (nSPS) is 14.7. The zero-order valence-electron chi connectivity index (χ0n) is 13.7. The van der Waals surface area contributed by atoms with E-state index in [2.05, 4.69) is 30.1 Å². The molecule has 1 aliphatic heterocycles. The molecule has 0 aliphatic carbocycles. The maximum absolute atomic E-state index is 12.3. The molecule has 1 heterocycles. The predicted octanol–water partition coefficient (Wildman–Crippen LogP) is 3.35. The summed E-state index contributed by atoms with van der Waals surface area (Å²) in [6, 6.07) is 16.1. The van der Waals surface area contributed by atoms with Gasteiger partial charge >= 0.3 is 0 Å². The molecule has 1 aliphatic rings. The Kier molecular flexibility index (Phi) is 4.58. The van der Waals surface area contributed by atoms with Crippen LogP contribution in [0, 0.1) is 0 Å². The van der Waals surface area contributed by atoms with Crippen LogP contribution in [0.5, 0.6) is 0 Å². The third kappa shape index (κ3) is 3.69. The average molecular weight is 306 g/mol. The number of nitrogens with zero attached hydrogens (tertiary/aromatic N) is 2. The summed E-state index contributed by atoms with van der Waals surface area (Å²) in [7, 11) is 3.94. The number of hydrogen-bond acceptors (Lipinski definition) is 2. The van der Waals surface area contributed by atoms with Gasteiger partial charge < -0.3 is 9.80 Å². The number of anilines is 1. The van der Waals surface area contributed by atoms with Crippen LogP contribution in [0.1, 0.15) is 16.7 Å². The summed E-state index contributed by atoms with van der Waals surface area (Å²) in [5.41, 5.74) is 4.76. The number of likely N-dealkylation sites (N-methyl/N-ethyl adjacent to an activating group) is 2. The molecule has 0 atom stereocenters. The Hall–Kier alpha value is -2.39. The fourth-order valence-electron chi connectivity index (χ4n) is 2.88. The van der Waals surface area contributed by atoms with Gasteiger partial charge in [0.1, 0.15) is 0 Å². The summed E-state index contributed by atoms with van der Waals surface area (Å²) >= 11 is 0. The molecule has 3 nitrogen and oxygen atoms in total. The first-order chi connectivity index (χ1) is 11.1. The maximum Gasteiger partial charge on any atom is 0.250 e. The van der Waals surface area contributed by atoms with Gasteiger partial charge in [-0.1, -0.05) is 36.4 Å². The molecule has 0 saturated carbocycles. The summed E-state index contributed by atoms with van der Waals surface area (Å²) in [5, 5.41) is 0. The number of hydrogen-bond donors (Lipinski definition) is 0. The second-order valence-electron chi connectivity index (χ2n) is 6.08. The summed E-state index contributed by atoms with van der Waals surface area (Å²) in [6.07, 6.45) is 4.64. The van der Waals surface area contributed by atoms with Gasteiger partial charge in [-0.2, -0.15) is 0 Å². The van der Waals surface area contributed by atoms with Crippen LogP contribution in [0.4, 0.5) is 5.69 Å². The molecule has 0 spiro atoms. The Labute approximate surface area is 137 Å².